The molecule has 148 valence electrons. The fraction of sp³-hybridized carbons (Fsp3) is 0.150. The number of hydrogen-bond donors (Lipinski definition) is 1. The average molecular weight is 429 g/mol. The fourth-order valence-electron chi connectivity index (χ4n) is 2.78. The average Bonchev–Trinajstić information content (AvgIpc) is 3.27. The maximum atomic E-state index is 12.3. The van der Waals surface area contributed by atoms with Gasteiger partial charge in [-0.15, -0.1) is 0 Å². The highest BCUT2D eigenvalue weighted by atomic mass is 32.2. The molecule has 9 heteroatoms. The van der Waals surface area contributed by atoms with E-state index in [9.17, 15) is 9.59 Å². The number of carboxylic acid groups (broad SMARTS) is 1. The van der Waals surface area contributed by atoms with Crippen molar-refractivity contribution in [1.82, 2.24) is 4.90 Å². The molecule has 0 spiro atoms. The molecule has 0 bridgehead atoms. The van der Waals surface area contributed by atoms with E-state index in [2.05, 4.69) is 0 Å². The molecule has 2 heterocycles. The first-order valence-corrected chi connectivity index (χ1v) is 9.80. The van der Waals surface area contributed by atoms with Gasteiger partial charge < -0.3 is 19.3 Å². The number of nitrogens with zero attached hydrogens (tertiary/aromatic N) is 1. The number of aliphatic carboxylic acids is 1. The summed E-state index contributed by atoms with van der Waals surface area (Å²) in [6, 6.07) is 12.9. The number of fused-ring (bicyclic) bond motifs is 1. The van der Waals surface area contributed by atoms with E-state index >= 15 is 0 Å². The molecule has 29 heavy (non-hydrogen) atoms. The molecule has 1 fully saturated rings. The normalized spacial score (nSPS) is 16.6. The van der Waals surface area contributed by atoms with Crippen molar-refractivity contribution in [2.45, 2.75) is 6.61 Å². The Morgan fingerprint density at radius 1 is 1.21 bits per heavy atom. The molecule has 0 unspecified atom stereocenters. The minimum absolute atomic E-state index is 0.232. The highest BCUT2D eigenvalue weighted by molar-refractivity contribution is 8.26. The van der Waals surface area contributed by atoms with Crippen LogP contribution < -0.4 is 14.2 Å². The van der Waals surface area contributed by atoms with Crippen LogP contribution in [0.1, 0.15) is 11.1 Å². The van der Waals surface area contributed by atoms with Crippen LogP contribution in [0.25, 0.3) is 6.08 Å². The largest absolute Gasteiger partial charge is 0.489 e. The molecule has 2 aliphatic heterocycles. The van der Waals surface area contributed by atoms with Crippen LogP contribution >= 0.6 is 24.0 Å². The summed E-state index contributed by atoms with van der Waals surface area (Å²) in [5.74, 6) is 0.615. The quantitative estimate of drug-likeness (QED) is 0.553. The van der Waals surface area contributed by atoms with Crippen LogP contribution in [-0.4, -0.2) is 39.5 Å². The van der Waals surface area contributed by atoms with Crippen molar-refractivity contribution in [3.63, 3.8) is 0 Å². The number of carbonyl (C=O) groups excluding carboxylic acids is 1. The van der Waals surface area contributed by atoms with Gasteiger partial charge in [0.1, 0.15) is 23.2 Å². The third-order valence-electron chi connectivity index (χ3n) is 4.19. The zero-order valence-corrected chi connectivity index (χ0v) is 16.6. The molecule has 7 nitrogen and oxygen atoms in total. The molecule has 0 radical (unpaired) electrons. The number of rotatable bonds is 6. The Morgan fingerprint density at radius 2 is 1.97 bits per heavy atom. The molecule has 2 aliphatic rings. The molecular formula is C20H15NO6S2. The zero-order chi connectivity index (χ0) is 20.4. The predicted octanol–water partition coefficient (Wildman–Crippen LogP) is 3.28. The number of thioether (sulfide) groups is 1. The molecular weight excluding hydrogens is 414 g/mol. The van der Waals surface area contributed by atoms with Crippen LogP contribution in [0.2, 0.25) is 0 Å². The summed E-state index contributed by atoms with van der Waals surface area (Å²) in [7, 11) is 0. The molecule has 0 saturated carbocycles. The van der Waals surface area contributed by atoms with E-state index in [-0.39, 0.29) is 11.1 Å². The second-order valence-electron chi connectivity index (χ2n) is 6.21. The monoisotopic (exact) mass is 429 g/mol. The van der Waals surface area contributed by atoms with Gasteiger partial charge in [-0.05, 0) is 41.5 Å². The number of hydrogen-bond acceptors (Lipinski definition) is 7. The van der Waals surface area contributed by atoms with E-state index in [1.165, 1.54) is 0 Å². The first kappa shape index (κ1) is 19.3. The lowest BCUT2D eigenvalue weighted by Gasteiger charge is -2.10. The van der Waals surface area contributed by atoms with E-state index in [0.717, 1.165) is 33.5 Å². The Balaban J connectivity index is 1.39. The number of benzene rings is 2. The van der Waals surface area contributed by atoms with Crippen LogP contribution in [0.3, 0.4) is 0 Å². The van der Waals surface area contributed by atoms with Gasteiger partial charge in [-0.25, -0.2) is 0 Å². The van der Waals surface area contributed by atoms with Gasteiger partial charge in [0, 0.05) is 0 Å². The molecule has 0 aromatic heterocycles. The summed E-state index contributed by atoms with van der Waals surface area (Å²) >= 11 is 6.18. The summed E-state index contributed by atoms with van der Waals surface area (Å²) in [5.41, 5.74) is 1.75. The van der Waals surface area contributed by atoms with E-state index in [1.54, 1.807) is 18.2 Å². The Morgan fingerprint density at radius 3 is 2.72 bits per heavy atom. The summed E-state index contributed by atoms with van der Waals surface area (Å²) in [5, 5.41) is 8.89. The van der Waals surface area contributed by atoms with Gasteiger partial charge in [0.15, 0.2) is 11.5 Å². The van der Waals surface area contributed by atoms with Crippen LogP contribution in [-0.2, 0) is 16.2 Å². The number of thiocarbonyl (C=S) groups is 1. The van der Waals surface area contributed by atoms with Crippen molar-refractivity contribution in [1.29, 1.82) is 0 Å². The van der Waals surface area contributed by atoms with E-state index in [4.69, 9.17) is 31.5 Å². The van der Waals surface area contributed by atoms with Crippen molar-refractivity contribution in [2.24, 2.45) is 0 Å². The SMILES string of the molecule is O=C(O)CN1C(=O)/C(=C/c2ccc(OCc3ccc4c(c3)OCO4)cc2)SC1=S. The number of ether oxygens (including phenoxy) is 3. The number of amides is 1. The minimum Gasteiger partial charge on any atom is -0.489 e. The van der Waals surface area contributed by atoms with E-state index < -0.39 is 18.4 Å². The minimum atomic E-state index is -1.11. The Kier molecular flexibility index (Phi) is 5.41. The molecule has 2 aromatic carbocycles. The third kappa shape index (κ3) is 4.36. The third-order valence-corrected chi connectivity index (χ3v) is 5.57. The van der Waals surface area contributed by atoms with Crippen LogP contribution in [0.5, 0.6) is 17.2 Å². The second-order valence-corrected chi connectivity index (χ2v) is 7.88. The zero-order valence-electron chi connectivity index (χ0n) is 15.0. The highest BCUT2D eigenvalue weighted by Crippen LogP contribution is 2.34. The summed E-state index contributed by atoms with van der Waals surface area (Å²) < 4.78 is 16.7. The van der Waals surface area contributed by atoms with Crippen LogP contribution in [0, 0.1) is 0 Å². The molecule has 2 aromatic rings. The van der Waals surface area contributed by atoms with Gasteiger partial charge in [0.2, 0.25) is 6.79 Å². The van der Waals surface area contributed by atoms with Crippen molar-refractivity contribution in [3.8, 4) is 17.2 Å². The first-order valence-electron chi connectivity index (χ1n) is 8.58. The Bertz CT molecular complexity index is 1020. The first-order chi connectivity index (χ1) is 14.0. The fourth-order valence-corrected chi connectivity index (χ4v) is 4.04. The van der Waals surface area contributed by atoms with Gasteiger partial charge in [-0.3, -0.25) is 14.5 Å². The Labute approximate surface area is 175 Å². The van der Waals surface area contributed by atoms with Crippen molar-refractivity contribution >= 4 is 46.3 Å². The summed E-state index contributed by atoms with van der Waals surface area (Å²) in [4.78, 5) is 24.6. The van der Waals surface area contributed by atoms with Gasteiger partial charge in [-0.1, -0.05) is 42.2 Å². The lowest BCUT2D eigenvalue weighted by molar-refractivity contribution is -0.140. The van der Waals surface area contributed by atoms with Gasteiger partial charge >= 0.3 is 5.97 Å². The van der Waals surface area contributed by atoms with Gasteiger partial charge in [0.05, 0.1) is 4.91 Å². The summed E-state index contributed by atoms with van der Waals surface area (Å²) in [6.07, 6.45) is 1.68. The number of carbonyl (C=O) groups is 2. The molecule has 4 rings (SSSR count). The summed E-state index contributed by atoms with van der Waals surface area (Å²) in [6.45, 7) is 0.175. The Hall–Kier alpha value is -3.04. The van der Waals surface area contributed by atoms with Crippen molar-refractivity contribution in [3.05, 3.63) is 58.5 Å². The predicted molar refractivity (Wildman–Crippen MR) is 111 cm³/mol. The maximum absolute atomic E-state index is 12.3. The van der Waals surface area contributed by atoms with Gasteiger partial charge in [0.25, 0.3) is 5.91 Å². The van der Waals surface area contributed by atoms with Crippen LogP contribution in [0.15, 0.2) is 47.4 Å². The smallest absolute Gasteiger partial charge is 0.323 e. The lowest BCUT2D eigenvalue weighted by atomic mass is 10.2. The molecule has 0 atom stereocenters. The van der Waals surface area contributed by atoms with Gasteiger partial charge in [-0.2, -0.15) is 0 Å². The molecule has 1 N–H and O–H groups in total. The molecule has 1 saturated heterocycles. The van der Waals surface area contributed by atoms with E-state index in [0.29, 0.717) is 23.0 Å². The van der Waals surface area contributed by atoms with E-state index in [1.807, 2.05) is 30.3 Å². The number of carboxylic acids is 1. The second kappa shape index (κ2) is 8.14. The van der Waals surface area contributed by atoms with Crippen molar-refractivity contribution < 1.29 is 28.9 Å². The highest BCUT2D eigenvalue weighted by Gasteiger charge is 2.33. The van der Waals surface area contributed by atoms with Crippen molar-refractivity contribution in [2.75, 3.05) is 13.3 Å². The standard InChI is InChI=1S/C20H15NO6S2/c22-18(23)9-21-19(24)17(29-20(21)28)8-12-1-4-14(5-2-12)25-10-13-3-6-15-16(7-13)27-11-26-15/h1-8H,9-11H2,(H,22,23)/b17-8-. The lowest BCUT2D eigenvalue weighted by Crippen LogP contribution is -2.33. The maximum Gasteiger partial charge on any atom is 0.323 e. The topological polar surface area (TPSA) is 85.3 Å². The van der Waals surface area contributed by atoms with Crippen LogP contribution in [0.4, 0.5) is 0 Å². The molecule has 1 amide bonds. The molecule has 0 aliphatic carbocycles.